The zero-order valence-corrected chi connectivity index (χ0v) is 7.29. The van der Waals surface area contributed by atoms with Crippen LogP contribution < -0.4 is 5.32 Å². The van der Waals surface area contributed by atoms with E-state index in [4.69, 9.17) is 0 Å². The Balaban J connectivity index is 2.49. The van der Waals surface area contributed by atoms with E-state index in [0.717, 1.165) is 36.2 Å². The Labute approximate surface area is 53.0 Å². The van der Waals surface area contributed by atoms with Gasteiger partial charge in [0.25, 0.3) is 0 Å². The quantitative estimate of drug-likeness (QED) is 0.404. The molecule has 0 aliphatic rings. The third-order valence-corrected chi connectivity index (χ3v) is 1.32. The van der Waals surface area contributed by atoms with Crippen molar-refractivity contribution in [3.63, 3.8) is 0 Å². The molecule has 0 unspecified atom stereocenters. The maximum absolute atomic E-state index is 9.52. The predicted octanol–water partition coefficient (Wildman–Crippen LogP) is -1.10. The SMILES string of the molecule is O=CCN[CH2][Pb]. The van der Waals surface area contributed by atoms with Crippen LogP contribution in [0.25, 0.3) is 0 Å². The molecule has 2 nitrogen and oxygen atoms in total. The van der Waals surface area contributed by atoms with Crippen LogP contribution in [0.3, 0.4) is 0 Å². The summed E-state index contributed by atoms with van der Waals surface area (Å²) < 4.78 is 1.01. The van der Waals surface area contributed by atoms with Crippen molar-refractivity contribution >= 4 is 32.1 Å². The minimum absolute atomic E-state index is 0.517. The minimum atomic E-state index is 0.517. The van der Waals surface area contributed by atoms with Crippen molar-refractivity contribution in [2.45, 2.75) is 0 Å². The Morgan fingerprint density at radius 1 is 1.83 bits per heavy atom. The molecule has 3 heteroatoms. The molecule has 0 rings (SSSR count). The van der Waals surface area contributed by atoms with Gasteiger partial charge >= 0.3 is 52.8 Å². The molecule has 0 aromatic rings. The van der Waals surface area contributed by atoms with Crippen LogP contribution in [0.1, 0.15) is 0 Å². The third kappa shape index (κ3) is 4.55. The number of aldehydes is 1. The summed E-state index contributed by atoms with van der Waals surface area (Å²) in [7, 11) is 0. The number of rotatable bonds is 3. The number of nitrogens with one attached hydrogen (secondary N) is 1. The molecule has 33 valence electrons. The Hall–Kier alpha value is 0.552. The van der Waals surface area contributed by atoms with Gasteiger partial charge in [0.2, 0.25) is 0 Å². The first-order valence-electron chi connectivity index (χ1n) is 1.70. The van der Waals surface area contributed by atoms with E-state index in [0.29, 0.717) is 6.54 Å². The van der Waals surface area contributed by atoms with E-state index in [9.17, 15) is 4.79 Å². The topological polar surface area (TPSA) is 29.1 Å². The van der Waals surface area contributed by atoms with Gasteiger partial charge in [-0.05, 0) is 0 Å². The Morgan fingerprint density at radius 3 is 2.67 bits per heavy atom. The molecule has 0 amide bonds. The summed E-state index contributed by atoms with van der Waals surface area (Å²) in [5, 5.41) is 2.89. The molecule has 0 spiro atoms. The van der Waals surface area contributed by atoms with Crippen molar-refractivity contribution in [2.24, 2.45) is 0 Å². The molecule has 0 aliphatic heterocycles. The molecule has 1 N–H and O–H groups in total. The predicted molar refractivity (Wildman–Crippen MR) is 24.7 cm³/mol. The average molecular weight is 279 g/mol. The molecule has 0 heterocycles. The fraction of sp³-hybridized carbons (Fsp3) is 0.667. The van der Waals surface area contributed by atoms with Gasteiger partial charge in [-0.1, -0.05) is 0 Å². The van der Waals surface area contributed by atoms with Gasteiger partial charge in [-0.15, -0.1) is 0 Å². The van der Waals surface area contributed by atoms with E-state index >= 15 is 0 Å². The van der Waals surface area contributed by atoms with Crippen LogP contribution in [0.4, 0.5) is 0 Å². The van der Waals surface area contributed by atoms with Gasteiger partial charge in [0, 0.05) is 0 Å². The third-order valence-electron chi connectivity index (χ3n) is 0.353. The van der Waals surface area contributed by atoms with Crippen LogP contribution in [-0.4, -0.2) is 42.7 Å². The van der Waals surface area contributed by atoms with E-state index in [1.807, 2.05) is 0 Å². The van der Waals surface area contributed by atoms with Crippen molar-refractivity contribution < 1.29 is 4.79 Å². The van der Waals surface area contributed by atoms with Crippen molar-refractivity contribution in [1.82, 2.24) is 5.32 Å². The number of hydrogen-bond acceptors (Lipinski definition) is 2. The van der Waals surface area contributed by atoms with Gasteiger partial charge < -0.3 is 0 Å². The Bertz CT molecular complexity index is 39.8. The van der Waals surface area contributed by atoms with Gasteiger partial charge in [0.1, 0.15) is 0 Å². The fourth-order valence-corrected chi connectivity index (χ4v) is 0.692. The Kier molecular flexibility index (Phi) is 6.06. The number of carbonyl (C=O) groups is 1. The summed E-state index contributed by atoms with van der Waals surface area (Å²) in [6.07, 6.45) is 0.873. The second kappa shape index (κ2) is 5.55. The second-order valence-corrected chi connectivity index (χ2v) is 2.17. The van der Waals surface area contributed by atoms with Crippen molar-refractivity contribution in [3.8, 4) is 0 Å². The van der Waals surface area contributed by atoms with E-state index in [1.54, 1.807) is 0 Å². The van der Waals surface area contributed by atoms with Gasteiger partial charge in [-0.2, -0.15) is 0 Å². The van der Waals surface area contributed by atoms with Crippen molar-refractivity contribution in [3.05, 3.63) is 0 Å². The van der Waals surface area contributed by atoms with E-state index < -0.39 is 0 Å². The van der Waals surface area contributed by atoms with Gasteiger partial charge in [-0.25, -0.2) is 0 Å². The first kappa shape index (κ1) is 6.55. The molecular formula is C3H6NOPb. The zero-order valence-electron chi connectivity index (χ0n) is 3.40. The summed E-state index contributed by atoms with van der Waals surface area (Å²) in [5.41, 5.74) is 0. The molecule has 0 fully saturated rings. The molecule has 0 aromatic carbocycles. The van der Waals surface area contributed by atoms with Crippen LogP contribution in [0.5, 0.6) is 0 Å². The van der Waals surface area contributed by atoms with Gasteiger partial charge in [0.05, 0.1) is 0 Å². The molecule has 0 aromatic heterocycles. The van der Waals surface area contributed by atoms with Crippen LogP contribution in [0.2, 0.25) is 0 Å². The summed E-state index contributed by atoms with van der Waals surface area (Å²) in [5.74, 6) is 0. The number of hydrogen-bond donors (Lipinski definition) is 1. The summed E-state index contributed by atoms with van der Waals surface area (Å²) >= 11 is 1.13. The first-order chi connectivity index (χ1) is 2.91. The average Bonchev–Trinajstić information content (AvgIpc) is 1.61. The molecule has 0 bridgehead atoms. The number of carbonyl (C=O) groups excluding carboxylic acids is 1. The monoisotopic (exact) mass is 280 g/mol. The van der Waals surface area contributed by atoms with Crippen LogP contribution in [0, 0.1) is 0 Å². The molecule has 3 radical (unpaired) electrons. The van der Waals surface area contributed by atoms with Gasteiger partial charge in [0.15, 0.2) is 0 Å². The van der Waals surface area contributed by atoms with Crippen molar-refractivity contribution in [2.75, 3.05) is 10.6 Å². The summed E-state index contributed by atoms with van der Waals surface area (Å²) in [6.45, 7) is 0.517. The molecule has 0 saturated carbocycles. The normalized spacial score (nSPS) is 8.17. The van der Waals surface area contributed by atoms with E-state index in [2.05, 4.69) is 5.32 Å². The van der Waals surface area contributed by atoms with Crippen LogP contribution >= 0.6 is 0 Å². The standard InChI is InChI=1S/C3H6NO.Pb/c1-4-2-3-5;/h3-4H,1-2H2;. The van der Waals surface area contributed by atoms with Crippen molar-refractivity contribution in [1.29, 1.82) is 0 Å². The molecule has 0 saturated heterocycles. The Morgan fingerprint density at radius 2 is 2.50 bits per heavy atom. The summed E-state index contributed by atoms with van der Waals surface area (Å²) in [4.78, 5) is 9.52. The molecular weight excluding hydrogens is 273 g/mol. The fourth-order valence-electron chi connectivity index (χ4n) is 0.131. The van der Waals surface area contributed by atoms with Crippen LogP contribution in [0.15, 0.2) is 0 Å². The molecule has 6 heavy (non-hydrogen) atoms. The van der Waals surface area contributed by atoms with Gasteiger partial charge in [-0.3, -0.25) is 0 Å². The second-order valence-electron chi connectivity index (χ2n) is 0.798. The zero-order chi connectivity index (χ0) is 4.83. The molecule has 0 aliphatic carbocycles. The van der Waals surface area contributed by atoms with Crippen LogP contribution in [-0.2, 0) is 4.79 Å². The van der Waals surface area contributed by atoms with E-state index in [-0.39, 0.29) is 0 Å². The maximum atomic E-state index is 9.52. The first-order valence-corrected chi connectivity index (χ1v) is 4.45. The van der Waals surface area contributed by atoms with E-state index in [1.165, 1.54) is 0 Å². The summed E-state index contributed by atoms with van der Waals surface area (Å²) in [6, 6.07) is 0. The molecule has 0 atom stereocenters.